The molecule has 0 aliphatic carbocycles. The van der Waals surface area contributed by atoms with Crippen LogP contribution in [0.25, 0.3) is 0 Å². The van der Waals surface area contributed by atoms with Crippen molar-refractivity contribution in [3.8, 4) is 0 Å². The van der Waals surface area contributed by atoms with E-state index in [0.29, 0.717) is 5.56 Å². The first kappa shape index (κ1) is 10.5. The molecule has 7 heteroatoms. The van der Waals surface area contributed by atoms with Gasteiger partial charge in [-0.25, -0.2) is 8.42 Å². The van der Waals surface area contributed by atoms with Crippen molar-refractivity contribution in [3.63, 3.8) is 0 Å². The first-order valence-electron chi connectivity index (χ1n) is 3.59. The van der Waals surface area contributed by atoms with Crippen LogP contribution >= 0.6 is 0 Å². The van der Waals surface area contributed by atoms with Gasteiger partial charge in [-0.1, -0.05) is 0 Å². The zero-order valence-electron chi connectivity index (χ0n) is 7.27. The molecule has 0 unspecified atom stereocenters. The number of H-pyrrole nitrogens is 1. The summed E-state index contributed by atoms with van der Waals surface area (Å²) in [4.78, 5) is 23.5. The first-order chi connectivity index (χ1) is 6.34. The van der Waals surface area contributed by atoms with Crippen LogP contribution in [-0.4, -0.2) is 18.6 Å². The third kappa shape index (κ3) is 1.82. The van der Waals surface area contributed by atoms with Crippen molar-refractivity contribution < 1.29 is 13.2 Å². The maximum atomic E-state index is 11.2. The molecule has 0 aliphatic rings. The maximum absolute atomic E-state index is 11.2. The Morgan fingerprint density at radius 1 is 1.43 bits per heavy atom. The number of pyridine rings is 1. The van der Waals surface area contributed by atoms with Crippen LogP contribution in [0.4, 0.5) is 4.79 Å². The fourth-order valence-corrected chi connectivity index (χ4v) is 1.69. The number of hydrogen-bond acceptors (Lipinski definition) is 4. The average molecular weight is 216 g/mol. The minimum atomic E-state index is -4.24. The monoisotopic (exact) mass is 216 g/mol. The smallest absolute Gasteiger partial charge is 0.340 e. The van der Waals surface area contributed by atoms with E-state index in [-0.39, 0.29) is 0 Å². The molecule has 3 N–H and O–H groups in total. The number of sulfone groups is 1. The van der Waals surface area contributed by atoms with Gasteiger partial charge in [-0.15, -0.1) is 0 Å². The summed E-state index contributed by atoms with van der Waals surface area (Å²) >= 11 is 0. The van der Waals surface area contributed by atoms with Crippen molar-refractivity contribution in [2.45, 2.75) is 11.9 Å². The molecule has 0 aliphatic heterocycles. The molecule has 0 fully saturated rings. The molecule has 0 atom stereocenters. The summed E-state index contributed by atoms with van der Waals surface area (Å²) in [5, 5.41) is -1.96. The quantitative estimate of drug-likeness (QED) is 0.661. The van der Waals surface area contributed by atoms with Crippen molar-refractivity contribution in [1.82, 2.24) is 4.98 Å². The molecule has 1 heterocycles. The predicted molar refractivity (Wildman–Crippen MR) is 48.6 cm³/mol. The number of rotatable bonds is 1. The third-order valence-electron chi connectivity index (χ3n) is 1.52. The number of amides is 1. The SMILES string of the molecule is Cc1cc(S(=O)(=O)C(N)=O)[nH]c(=O)c1. The van der Waals surface area contributed by atoms with E-state index in [2.05, 4.69) is 5.73 Å². The van der Waals surface area contributed by atoms with Crippen LogP contribution in [0.5, 0.6) is 0 Å². The minimum absolute atomic E-state index is 0.438. The molecule has 14 heavy (non-hydrogen) atoms. The molecular weight excluding hydrogens is 208 g/mol. The van der Waals surface area contributed by atoms with Crippen LogP contribution in [0, 0.1) is 6.92 Å². The Hall–Kier alpha value is -1.63. The van der Waals surface area contributed by atoms with E-state index < -0.39 is 25.7 Å². The Morgan fingerprint density at radius 2 is 2.00 bits per heavy atom. The summed E-state index contributed by atoms with van der Waals surface area (Å²) in [6.07, 6.45) is 0. The van der Waals surface area contributed by atoms with Crippen molar-refractivity contribution in [3.05, 3.63) is 28.0 Å². The molecule has 0 saturated heterocycles. The Morgan fingerprint density at radius 3 is 2.43 bits per heavy atom. The van der Waals surface area contributed by atoms with E-state index in [1.165, 1.54) is 19.1 Å². The average Bonchev–Trinajstić information content (AvgIpc) is 2.01. The first-order valence-corrected chi connectivity index (χ1v) is 5.08. The zero-order chi connectivity index (χ0) is 10.9. The highest BCUT2D eigenvalue weighted by Gasteiger charge is 2.22. The van der Waals surface area contributed by atoms with Crippen LogP contribution in [0.15, 0.2) is 22.0 Å². The van der Waals surface area contributed by atoms with E-state index in [4.69, 9.17) is 0 Å². The van der Waals surface area contributed by atoms with Gasteiger partial charge in [-0.05, 0) is 18.6 Å². The molecule has 1 aromatic heterocycles. The lowest BCUT2D eigenvalue weighted by Crippen LogP contribution is -2.24. The van der Waals surface area contributed by atoms with Crippen molar-refractivity contribution in [1.29, 1.82) is 0 Å². The molecule has 1 aromatic rings. The van der Waals surface area contributed by atoms with Gasteiger partial charge in [0.25, 0.3) is 9.84 Å². The van der Waals surface area contributed by atoms with Gasteiger partial charge >= 0.3 is 5.24 Å². The standard InChI is InChI=1S/C7H8N2O4S/c1-4-2-5(10)9-6(3-4)14(12,13)7(8)11/h2-3H,1H3,(H2,8,11)(H,9,10). The molecular formula is C7H8N2O4S. The minimum Gasteiger partial charge on any atom is -0.356 e. The Kier molecular flexibility index (Phi) is 2.43. The van der Waals surface area contributed by atoms with Gasteiger partial charge in [0.05, 0.1) is 0 Å². The number of aryl methyl sites for hydroxylation is 1. The Bertz CT molecular complexity index is 529. The molecule has 1 amide bonds. The number of carbonyl (C=O) groups excluding carboxylic acids is 1. The number of hydrogen-bond donors (Lipinski definition) is 2. The highest BCUT2D eigenvalue weighted by atomic mass is 32.2. The summed E-state index contributed by atoms with van der Waals surface area (Å²) in [6.45, 7) is 1.54. The highest BCUT2D eigenvalue weighted by Crippen LogP contribution is 2.06. The van der Waals surface area contributed by atoms with Crippen molar-refractivity contribution in [2.24, 2.45) is 5.73 Å². The van der Waals surface area contributed by atoms with Gasteiger partial charge in [0, 0.05) is 6.07 Å². The molecule has 0 radical (unpaired) electrons. The van der Waals surface area contributed by atoms with Crippen LogP contribution in [0.1, 0.15) is 5.56 Å². The number of primary amides is 1. The van der Waals surface area contributed by atoms with E-state index >= 15 is 0 Å². The Balaban J connectivity index is 3.49. The number of aromatic nitrogens is 1. The number of aromatic amines is 1. The van der Waals surface area contributed by atoms with Gasteiger partial charge in [0.1, 0.15) is 5.03 Å². The lowest BCUT2D eigenvalue weighted by Gasteiger charge is -1.99. The fraction of sp³-hybridized carbons (Fsp3) is 0.143. The second-order valence-corrected chi connectivity index (χ2v) is 4.56. The lowest BCUT2D eigenvalue weighted by atomic mass is 10.3. The van der Waals surface area contributed by atoms with E-state index in [1.54, 1.807) is 0 Å². The second kappa shape index (κ2) is 3.26. The summed E-state index contributed by atoms with van der Waals surface area (Å²) < 4.78 is 22.4. The van der Waals surface area contributed by atoms with Gasteiger partial charge in [-0.3, -0.25) is 9.59 Å². The van der Waals surface area contributed by atoms with E-state index in [9.17, 15) is 18.0 Å². The van der Waals surface area contributed by atoms with E-state index in [0.717, 1.165) is 0 Å². The maximum Gasteiger partial charge on any atom is 0.340 e. The molecule has 76 valence electrons. The molecule has 0 aromatic carbocycles. The highest BCUT2D eigenvalue weighted by molar-refractivity contribution is 8.05. The summed E-state index contributed by atoms with van der Waals surface area (Å²) in [5.41, 5.74) is 4.50. The third-order valence-corrected chi connectivity index (χ3v) is 2.85. The molecule has 0 spiro atoms. The van der Waals surface area contributed by atoms with Gasteiger partial charge in [0.2, 0.25) is 5.56 Å². The van der Waals surface area contributed by atoms with Crippen molar-refractivity contribution >= 4 is 15.1 Å². The molecule has 0 bridgehead atoms. The topological polar surface area (TPSA) is 110 Å². The molecule has 1 rings (SSSR count). The van der Waals surface area contributed by atoms with Crippen LogP contribution < -0.4 is 11.3 Å². The van der Waals surface area contributed by atoms with Gasteiger partial charge < -0.3 is 10.7 Å². The summed E-state index contributed by atoms with van der Waals surface area (Å²) in [5.74, 6) is 0. The number of nitrogens with two attached hydrogens (primary N) is 1. The predicted octanol–water partition coefficient (Wildman–Crippen LogP) is -0.464. The second-order valence-electron chi connectivity index (χ2n) is 2.71. The molecule has 6 nitrogen and oxygen atoms in total. The Labute approximate surface area is 79.7 Å². The fourth-order valence-electron chi connectivity index (χ4n) is 0.902. The largest absolute Gasteiger partial charge is 0.356 e. The zero-order valence-corrected chi connectivity index (χ0v) is 8.09. The van der Waals surface area contributed by atoms with Crippen LogP contribution in [0.2, 0.25) is 0 Å². The number of nitrogens with one attached hydrogen (secondary N) is 1. The van der Waals surface area contributed by atoms with Crippen LogP contribution in [0.3, 0.4) is 0 Å². The summed E-state index contributed by atoms with van der Waals surface area (Å²) in [7, 11) is -4.24. The van der Waals surface area contributed by atoms with Crippen molar-refractivity contribution in [2.75, 3.05) is 0 Å². The normalized spacial score (nSPS) is 11.2. The van der Waals surface area contributed by atoms with Crippen LogP contribution in [-0.2, 0) is 9.84 Å². The lowest BCUT2D eigenvalue weighted by molar-refractivity contribution is 0.265. The molecule has 0 saturated carbocycles. The summed E-state index contributed by atoms with van der Waals surface area (Å²) in [6, 6.07) is 2.38. The van der Waals surface area contributed by atoms with E-state index in [1.807, 2.05) is 4.98 Å². The van der Waals surface area contributed by atoms with Gasteiger partial charge in [0.15, 0.2) is 0 Å². The number of carbonyl (C=O) groups is 1. The van der Waals surface area contributed by atoms with Gasteiger partial charge in [-0.2, -0.15) is 0 Å².